The summed E-state index contributed by atoms with van der Waals surface area (Å²) in [5, 5.41) is 24.5. The summed E-state index contributed by atoms with van der Waals surface area (Å²) in [6, 6.07) is 11.6. The number of nitrogens with one attached hydrogen (secondary N) is 1. The van der Waals surface area contributed by atoms with Crippen LogP contribution in [0.25, 0.3) is 0 Å². The van der Waals surface area contributed by atoms with E-state index in [0.29, 0.717) is 24.2 Å². The lowest BCUT2D eigenvalue weighted by Crippen LogP contribution is -2.49. The van der Waals surface area contributed by atoms with Gasteiger partial charge in [0, 0.05) is 67.8 Å². The molecule has 40 heavy (non-hydrogen) atoms. The van der Waals surface area contributed by atoms with E-state index >= 15 is 0 Å². The minimum absolute atomic E-state index is 0.0192. The van der Waals surface area contributed by atoms with E-state index < -0.39 is 22.0 Å². The van der Waals surface area contributed by atoms with Crippen molar-refractivity contribution < 1.29 is 28.9 Å². The number of ether oxygens (including phenoxy) is 2. The Morgan fingerprint density at radius 1 is 0.900 bits per heavy atom. The maximum Gasteiger partial charge on any atom is 0.410 e. The van der Waals surface area contributed by atoms with Gasteiger partial charge in [-0.05, 0) is 54.7 Å². The molecule has 0 saturated carbocycles. The summed E-state index contributed by atoms with van der Waals surface area (Å²) in [5.74, 6) is 0. The zero-order chi connectivity index (χ0) is 28.6. The van der Waals surface area contributed by atoms with Crippen molar-refractivity contribution >= 4 is 36.2 Å². The third kappa shape index (κ3) is 8.05. The molecule has 0 spiro atoms. The molecule has 2 aliphatic heterocycles. The second-order valence-corrected chi connectivity index (χ2v) is 10.6. The van der Waals surface area contributed by atoms with Crippen LogP contribution in [-0.4, -0.2) is 75.3 Å². The molecule has 0 radical (unpaired) electrons. The van der Waals surface area contributed by atoms with Crippen LogP contribution in [0.3, 0.4) is 0 Å². The van der Waals surface area contributed by atoms with Crippen LogP contribution >= 0.6 is 12.6 Å². The second-order valence-electron chi connectivity index (χ2n) is 9.89. The molecule has 2 atom stereocenters. The molecule has 2 aromatic carbocycles. The maximum absolute atomic E-state index is 12.8. The number of nitro groups is 2. The third-order valence-electron chi connectivity index (χ3n) is 7.03. The number of nitro benzene ring substituents is 2. The number of piperidine rings is 1. The van der Waals surface area contributed by atoms with Crippen molar-refractivity contribution in [2.75, 3.05) is 26.2 Å². The Labute approximate surface area is 236 Å². The van der Waals surface area contributed by atoms with Crippen molar-refractivity contribution in [3.05, 3.63) is 79.9 Å². The highest BCUT2D eigenvalue weighted by molar-refractivity contribution is 7.81. The van der Waals surface area contributed by atoms with Gasteiger partial charge >= 0.3 is 12.2 Å². The van der Waals surface area contributed by atoms with E-state index in [0.717, 1.165) is 32.4 Å². The normalized spacial score (nSPS) is 19.7. The number of hydrogen-bond donors (Lipinski definition) is 2. The number of likely N-dealkylation sites (tertiary alicyclic amines) is 2. The minimum atomic E-state index is -0.535. The SMILES string of the molecule is O=C(NC1CCN(C[C@@H]2C[C@H](S)CN2C(=O)OCc2ccc([N+](=O)[O-])cc2)CC1)OCc1ccc([N+](=O)[O-])cc1. The number of carbonyl (C=O) groups excluding carboxylic acids is 2. The number of alkyl carbamates (subject to hydrolysis) is 1. The number of rotatable bonds is 9. The highest BCUT2D eigenvalue weighted by atomic mass is 32.1. The topological polar surface area (TPSA) is 157 Å². The molecular formula is C26H31N5O8S. The summed E-state index contributed by atoms with van der Waals surface area (Å²) in [6.07, 6.45) is 1.23. The van der Waals surface area contributed by atoms with E-state index in [1.807, 2.05) is 0 Å². The predicted molar refractivity (Wildman–Crippen MR) is 147 cm³/mol. The molecule has 0 unspecified atom stereocenters. The lowest BCUT2D eigenvalue weighted by atomic mass is 10.0. The molecule has 4 rings (SSSR count). The number of benzene rings is 2. The fourth-order valence-corrected chi connectivity index (χ4v) is 5.28. The largest absolute Gasteiger partial charge is 0.445 e. The van der Waals surface area contributed by atoms with E-state index in [4.69, 9.17) is 9.47 Å². The predicted octanol–water partition coefficient (Wildman–Crippen LogP) is 3.90. The summed E-state index contributed by atoms with van der Waals surface area (Å²) < 4.78 is 10.7. The van der Waals surface area contributed by atoms with Gasteiger partial charge in [0.25, 0.3) is 11.4 Å². The molecule has 2 amide bonds. The van der Waals surface area contributed by atoms with Gasteiger partial charge in [-0.3, -0.25) is 20.2 Å². The van der Waals surface area contributed by atoms with Crippen LogP contribution < -0.4 is 5.32 Å². The second kappa shape index (κ2) is 13.4. The molecule has 1 N–H and O–H groups in total. The lowest BCUT2D eigenvalue weighted by molar-refractivity contribution is -0.385. The fraction of sp³-hybridized carbons (Fsp3) is 0.462. The first-order valence-electron chi connectivity index (χ1n) is 12.9. The number of hydrogen-bond acceptors (Lipinski definition) is 10. The first kappa shape index (κ1) is 29.1. The molecule has 14 heteroatoms. The minimum Gasteiger partial charge on any atom is -0.445 e. The summed E-state index contributed by atoms with van der Waals surface area (Å²) >= 11 is 4.58. The number of non-ortho nitro benzene ring substituents is 2. The average Bonchev–Trinajstić information content (AvgIpc) is 3.31. The molecule has 2 aliphatic rings. The van der Waals surface area contributed by atoms with Gasteiger partial charge < -0.3 is 24.6 Å². The fourth-order valence-electron chi connectivity index (χ4n) is 4.86. The zero-order valence-corrected chi connectivity index (χ0v) is 22.6. The Kier molecular flexibility index (Phi) is 9.77. The van der Waals surface area contributed by atoms with Crippen LogP contribution in [0.5, 0.6) is 0 Å². The maximum atomic E-state index is 12.8. The van der Waals surface area contributed by atoms with Gasteiger partial charge in [0.15, 0.2) is 0 Å². The van der Waals surface area contributed by atoms with Crippen molar-refractivity contribution in [1.29, 1.82) is 0 Å². The quantitative estimate of drug-likeness (QED) is 0.258. The van der Waals surface area contributed by atoms with Crippen LogP contribution in [0.15, 0.2) is 48.5 Å². The highest BCUT2D eigenvalue weighted by Crippen LogP contribution is 2.25. The third-order valence-corrected chi connectivity index (χ3v) is 7.41. The molecular weight excluding hydrogens is 542 g/mol. The Bertz CT molecular complexity index is 1200. The average molecular weight is 574 g/mol. The van der Waals surface area contributed by atoms with Gasteiger partial charge in [-0.1, -0.05) is 0 Å². The van der Waals surface area contributed by atoms with Crippen molar-refractivity contribution in [2.24, 2.45) is 0 Å². The number of nitrogens with zero attached hydrogens (tertiary/aromatic N) is 4. The summed E-state index contributed by atoms with van der Waals surface area (Å²) in [7, 11) is 0. The molecule has 0 bridgehead atoms. The van der Waals surface area contributed by atoms with Crippen LogP contribution in [0.4, 0.5) is 21.0 Å². The summed E-state index contributed by atoms with van der Waals surface area (Å²) in [4.78, 5) is 49.6. The van der Waals surface area contributed by atoms with Crippen molar-refractivity contribution in [1.82, 2.24) is 15.1 Å². The molecule has 2 fully saturated rings. The highest BCUT2D eigenvalue weighted by Gasteiger charge is 2.36. The van der Waals surface area contributed by atoms with Crippen LogP contribution in [0.2, 0.25) is 0 Å². The Hall–Kier alpha value is -3.91. The molecule has 2 aromatic rings. The van der Waals surface area contributed by atoms with E-state index in [1.165, 1.54) is 24.3 Å². The first-order valence-corrected chi connectivity index (χ1v) is 13.4. The molecule has 0 aliphatic carbocycles. The summed E-state index contributed by atoms with van der Waals surface area (Å²) in [5.41, 5.74) is 1.28. The van der Waals surface area contributed by atoms with E-state index in [9.17, 15) is 29.8 Å². The van der Waals surface area contributed by atoms with E-state index in [2.05, 4.69) is 22.8 Å². The van der Waals surface area contributed by atoms with Crippen molar-refractivity contribution in [3.63, 3.8) is 0 Å². The standard InChI is InChI=1S/C26H31N5O8S/c32-25(38-16-18-1-5-21(6-2-18)30(34)35)27-20-9-11-28(12-10-20)14-23-13-24(40)15-29(23)26(33)39-17-19-3-7-22(8-4-19)31(36)37/h1-8,20,23-24,40H,9-17H2,(H,27,32)/t23-,24-/m0/s1. The van der Waals surface area contributed by atoms with Crippen LogP contribution in [0, 0.1) is 20.2 Å². The Morgan fingerprint density at radius 3 is 1.95 bits per heavy atom. The Balaban J connectivity index is 1.18. The monoisotopic (exact) mass is 573 g/mol. The van der Waals surface area contributed by atoms with Crippen LogP contribution in [0.1, 0.15) is 30.4 Å². The van der Waals surface area contributed by atoms with E-state index in [-0.39, 0.29) is 41.9 Å². The molecule has 214 valence electrons. The van der Waals surface area contributed by atoms with Gasteiger partial charge in [-0.25, -0.2) is 9.59 Å². The van der Waals surface area contributed by atoms with E-state index in [1.54, 1.807) is 29.2 Å². The van der Waals surface area contributed by atoms with Crippen molar-refractivity contribution in [2.45, 2.75) is 49.8 Å². The van der Waals surface area contributed by atoms with Crippen LogP contribution in [-0.2, 0) is 22.7 Å². The lowest BCUT2D eigenvalue weighted by Gasteiger charge is -2.35. The number of thiol groups is 1. The smallest absolute Gasteiger partial charge is 0.410 e. The van der Waals surface area contributed by atoms with Gasteiger partial charge in [-0.15, -0.1) is 0 Å². The zero-order valence-electron chi connectivity index (χ0n) is 21.7. The van der Waals surface area contributed by atoms with Gasteiger partial charge in [-0.2, -0.15) is 12.6 Å². The molecule has 13 nitrogen and oxygen atoms in total. The van der Waals surface area contributed by atoms with Gasteiger partial charge in [0.05, 0.1) is 9.85 Å². The first-order chi connectivity index (χ1) is 19.2. The van der Waals surface area contributed by atoms with Gasteiger partial charge in [0.2, 0.25) is 0 Å². The Morgan fingerprint density at radius 2 is 1.43 bits per heavy atom. The van der Waals surface area contributed by atoms with Crippen molar-refractivity contribution in [3.8, 4) is 0 Å². The van der Waals surface area contributed by atoms with Gasteiger partial charge in [0.1, 0.15) is 13.2 Å². The number of carbonyl (C=O) groups is 2. The summed E-state index contributed by atoms with van der Waals surface area (Å²) in [6.45, 7) is 2.67. The number of amides is 2. The molecule has 0 aromatic heterocycles. The molecule has 2 saturated heterocycles. The molecule has 2 heterocycles.